The van der Waals surface area contributed by atoms with E-state index in [9.17, 15) is 4.79 Å². The Morgan fingerprint density at radius 1 is 1.08 bits per heavy atom. The Balaban J connectivity index is 1.88. The van der Waals surface area contributed by atoms with Gasteiger partial charge in [-0.25, -0.2) is 4.79 Å². The zero-order chi connectivity index (χ0) is 18.7. The molecule has 1 aromatic rings. The first-order valence-electron chi connectivity index (χ1n) is 8.92. The number of hydrogen-bond donors (Lipinski definition) is 1. The fourth-order valence-corrected chi connectivity index (χ4v) is 3.65. The normalized spacial score (nSPS) is 15.7. The van der Waals surface area contributed by atoms with E-state index in [-0.39, 0.29) is 17.0 Å². The summed E-state index contributed by atoms with van der Waals surface area (Å²) >= 11 is 0. The lowest BCUT2D eigenvalue weighted by atomic mass is 9.82. The maximum atomic E-state index is 12.6. The first kappa shape index (κ1) is 19.1. The molecule has 5 heteroatoms. The molecule has 1 fully saturated rings. The average Bonchev–Trinajstić information content (AvgIpc) is 2.52. The van der Waals surface area contributed by atoms with E-state index in [0.717, 1.165) is 25.2 Å². The molecule has 25 heavy (non-hydrogen) atoms. The van der Waals surface area contributed by atoms with Gasteiger partial charge in [-0.05, 0) is 49.9 Å². The van der Waals surface area contributed by atoms with E-state index >= 15 is 0 Å². The number of carbonyl (C=O) groups is 1. The third kappa shape index (κ3) is 5.67. The van der Waals surface area contributed by atoms with Crippen molar-refractivity contribution in [2.75, 3.05) is 31.1 Å². The van der Waals surface area contributed by atoms with Crippen molar-refractivity contribution in [2.45, 2.75) is 46.6 Å². The van der Waals surface area contributed by atoms with Crippen LogP contribution < -0.4 is 10.2 Å². The second-order valence-electron chi connectivity index (χ2n) is 8.68. The summed E-state index contributed by atoms with van der Waals surface area (Å²) in [6, 6.07) is 9.78. The molecule has 1 heterocycles. The van der Waals surface area contributed by atoms with Crippen molar-refractivity contribution in [3.8, 4) is 6.07 Å². The molecule has 0 atom stereocenters. The van der Waals surface area contributed by atoms with Crippen LogP contribution in [0.5, 0.6) is 0 Å². The van der Waals surface area contributed by atoms with Crippen molar-refractivity contribution >= 4 is 11.7 Å². The van der Waals surface area contributed by atoms with Crippen LogP contribution >= 0.6 is 0 Å². The van der Waals surface area contributed by atoms with E-state index in [1.165, 1.54) is 0 Å². The largest absolute Gasteiger partial charge is 0.368 e. The van der Waals surface area contributed by atoms with Gasteiger partial charge in [-0.1, -0.05) is 20.8 Å². The third-order valence-electron chi connectivity index (χ3n) is 4.35. The summed E-state index contributed by atoms with van der Waals surface area (Å²) in [7, 11) is 0. The summed E-state index contributed by atoms with van der Waals surface area (Å²) in [4.78, 5) is 16.7. The SMILES string of the molecule is CC(C)(C)CC(C)(C)NC(=O)N1CCN(c2ccc(C#N)cc2)CC1. The topological polar surface area (TPSA) is 59.4 Å². The van der Waals surface area contributed by atoms with Gasteiger partial charge in [-0.15, -0.1) is 0 Å². The van der Waals surface area contributed by atoms with Crippen molar-refractivity contribution in [1.29, 1.82) is 5.26 Å². The van der Waals surface area contributed by atoms with Crippen molar-refractivity contribution in [3.63, 3.8) is 0 Å². The summed E-state index contributed by atoms with van der Waals surface area (Å²) < 4.78 is 0. The molecule has 2 amide bonds. The molecule has 0 spiro atoms. The molecule has 0 bridgehead atoms. The maximum absolute atomic E-state index is 12.6. The fraction of sp³-hybridized carbons (Fsp3) is 0.600. The van der Waals surface area contributed by atoms with E-state index in [1.54, 1.807) is 0 Å². The van der Waals surface area contributed by atoms with Crippen LogP contribution in [0.25, 0.3) is 0 Å². The quantitative estimate of drug-likeness (QED) is 0.913. The molecular formula is C20H30N4O. The predicted molar refractivity (Wildman–Crippen MR) is 102 cm³/mol. The molecule has 0 radical (unpaired) electrons. The molecular weight excluding hydrogens is 312 g/mol. The molecule has 1 N–H and O–H groups in total. The minimum atomic E-state index is -0.223. The Hall–Kier alpha value is -2.22. The molecule has 5 nitrogen and oxygen atoms in total. The van der Waals surface area contributed by atoms with Gasteiger partial charge in [0.15, 0.2) is 0 Å². The highest BCUT2D eigenvalue weighted by atomic mass is 16.2. The van der Waals surface area contributed by atoms with E-state index in [2.05, 4.69) is 50.9 Å². The number of carbonyl (C=O) groups excluding carboxylic acids is 1. The molecule has 1 aliphatic heterocycles. The Labute approximate surface area is 151 Å². The Kier molecular flexibility index (Phi) is 5.62. The Bertz CT molecular complexity index is 629. The summed E-state index contributed by atoms with van der Waals surface area (Å²) in [6.45, 7) is 13.8. The standard InChI is InChI=1S/C20H30N4O/c1-19(2,3)15-20(4,5)22-18(25)24-12-10-23(11-13-24)17-8-6-16(14-21)7-9-17/h6-9H,10-13,15H2,1-5H3,(H,22,25). The monoisotopic (exact) mass is 342 g/mol. The average molecular weight is 342 g/mol. The van der Waals surface area contributed by atoms with Gasteiger partial charge in [0, 0.05) is 37.4 Å². The van der Waals surface area contributed by atoms with Gasteiger partial charge in [0.25, 0.3) is 0 Å². The van der Waals surface area contributed by atoms with Crippen LogP contribution in [0.4, 0.5) is 10.5 Å². The van der Waals surface area contributed by atoms with Gasteiger partial charge in [0.05, 0.1) is 11.6 Å². The molecule has 0 saturated carbocycles. The van der Waals surface area contributed by atoms with Gasteiger partial charge >= 0.3 is 6.03 Å². The molecule has 2 rings (SSSR count). The van der Waals surface area contributed by atoms with E-state index < -0.39 is 0 Å². The second-order valence-corrected chi connectivity index (χ2v) is 8.68. The lowest BCUT2D eigenvalue weighted by molar-refractivity contribution is 0.172. The molecule has 0 unspecified atom stereocenters. The van der Waals surface area contributed by atoms with Crippen LogP contribution in [-0.2, 0) is 0 Å². The molecule has 0 aliphatic carbocycles. The van der Waals surface area contributed by atoms with E-state index in [4.69, 9.17) is 5.26 Å². The van der Waals surface area contributed by atoms with Gasteiger partial charge in [0.1, 0.15) is 0 Å². The number of anilines is 1. The van der Waals surface area contributed by atoms with Crippen molar-refractivity contribution in [2.24, 2.45) is 5.41 Å². The molecule has 1 aromatic carbocycles. The number of nitrogens with one attached hydrogen (secondary N) is 1. The van der Waals surface area contributed by atoms with Crippen LogP contribution in [0.2, 0.25) is 0 Å². The highest BCUT2D eigenvalue weighted by Gasteiger charge is 2.30. The van der Waals surface area contributed by atoms with E-state index in [1.807, 2.05) is 29.2 Å². The Morgan fingerprint density at radius 3 is 2.12 bits per heavy atom. The minimum absolute atomic E-state index is 0.0220. The van der Waals surface area contributed by atoms with Crippen LogP contribution in [0.3, 0.4) is 0 Å². The summed E-state index contributed by atoms with van der Waals surface area (Å²) in [5, 5.41) is 12.1. The number of hydrogen-bond acceptors (Lipinski definition) is 3. The molecule has 1 aliphatic rings. The second kappa shape index (κ2) is 7.35. The highest BCUT2D eigenvalue weighted by molar-refractivity contribution is 5.75. The maximum Gasteiger partial charge on any atom is 0.317 e. The summed E-state index contributed by atoms with van der Waals surface area (Å²) in [5.41, 5.74) is 1.72. The zero-order valence-electron chi connectivity index (χ0n) is 16.1. The smallest absolute Gasteiger partial charge is 0.317 e. The molecule has 0 aromatic heterocycles. The highest BCUT2D eigenvalue weighted by Crippen LogP contribution is 2.27. The van der Waals surface area contributed by atoms with Crippen LogP contribution in [-0.4, -0.2) is 42.6 Å². The number of urea groups is 1. The first-order valence-corrected chi connectivity index (χ1v) is 8.92. The fourth-order valence-electron chi connectivity index (χ4n) is 3.65. The molecule has 136 valence electrons. The van der Waals surface area contributed by atoms with Gasteiger partial charge < -0.3 is 15.1 Å². The molecule has 1 saturated heterocycles. The number of benzene rings is 1. The minimum Gasteiger partial charge on any atom is -0.368 e. The first-order chi connectivity index (χ1) is 11.6. The third-order valence-corrected chi connectivity index (χ3v) is 4.35. The summed E-state index contributed by atoms with van der Waals surface area (Å²) in [6.07, 6.45) is 0.928. The number of rotatable bonds is 3. The lowest BCUT2D eigenvalue weighted by Crippen LogP contribution is -2.56. The number of amides is 2. The lowest BCUT2D eigenvalue weighted by Gasteiger charge is -2.39. The number of nitriles is 1. The van der Waals surface area contributed by atoms with Gasteiger partial charge in [-0.2, -0.15) is 5.26 Å². The Morgan fingerprint density at radius 2 is 1.64 bits per heavy atom. The predicted octanol–water partition coefficient (Wildman–Crippen LogP) is 3.60. The van der Waals surface area contributed by atoms with Crippen LogP contribution in [0.15, 0.2) is 24.3 Å². The van der Waals surface area contributed by atoms with Crippen LogP contribution in [0.1, 0.15) is 46.6 Å². The van der Waals surface area contributed by atoms with Gasteiger partial charge in [-0.3, -0.25) is 0 Å². The van der Waals surface area contributed by atoms with Crippen molar-refractivity contribution < 1.29 is 4.79 Å². The van der Waals surface area contributed by atoms with Crippen molar-refractivity contribution in [1.82, 2.24) is 10.2 Å². The van der Waals surface area contributed by atoms with Crippen LogP contribution in [0, 0.1) is 16.7 Å². The number of nitrogens with zero attached hydrogens (tertiary/aromatic N) is 3. The summed E-state index contributed by atoms with van der Waals surface area (Å²) in [5.74, 6) is 0. The van der Waals surface area contributed by atoms with E-state index in [0.29, 0.717) is 18.7 Å². The van der Waals surface area contributed by atoms with Gasteiger partial charge in [0.2, 0.25) is 0 Å². The zero-order valence-corrected chi connectivity index (χ0v) is 16.1. The van der Waals surface area contributed by atoms with Crippen molar-refractivity contribution in [3.05, 3.63) is 29.8 Å². The number of piperazine rings is 1.